The van der Waals surface area contributed by atoms with Crippen molar-refractivity contribution in [1.29, 1.82) is 0 Å². The Morgan fingerprint density at radius 1 is 1.35 bits per heavy atom. The summed E-state index contributed by atoms with van der Waals surface area (Å²) in [4.78, 5) is 16.5. The van der Waals surface area contributed by atoms with Gasteiger partial charge in [0.2, 0.25) is 0 Å². The number of nitrogens with one attached hydrogen (secondary N) is 1. The van der Waals surface area contributed by atoms with Crippen LogP contribution >= 0.6 is 11.6 Å². The van der Waals surface area contributed by atoms with Gasteiger partial charge in [0.15, 0.2) is 0 Å². The Hall–Kier alpha value is -1.38. The maximum atomic E-state index is 12.2. The van der Waals surface area contributed by atoms with Gasteiger partial charge in [0.05, 0.1) is 22.5 Å². The SMILES string of the molecule is CC(CS(=O)(=O)O)c1cc(Cl)cnc1[C@@H](NC(=O)OC(C)(C)C)C(C)C. The lowest BCUT2D eigenvalue weighted by Gasteiger charge is -2.28. The standard InChI is InChI=1S/C17H27ClN2O5S/c1-10(2)14(20-16(21)25-17(4,5)6)15-13(7-12(18)8-19-15)11(3)9-26(22,23)24/h7-8,10-11,14H,9H2,1-6H3,(H,20,21)(H,22,23,24)/t11?,14-/m0/s1. The molecule has 0 aliphatic heterocycles. The Morgan fingerprint density at radius 2 is 1.92 bits per heavy atom. The monoisotopic (exact) mass is 406 g/mol. The lowest BCUT2D eigenvalue weighted by Crippen LogP contribution is -2.37. The fourth-order valence-electron chi connectivity index (χ4n) is 2.51. The van der Waals surface area contributed by atoms with Crippen molar-refractivity contribution in [2.75, 3.05) is 5.75 Å². The lowest BCUT2D eigenvalue weighted by molar-refractivity contribution is 0.0487. The van der Waals surface area contributed by atoms with Crippen LogP contribution in [0.25, 0.3) is 0 Å². The zero-order chi connectivity index (χ0) is 20.3. The molecule has 0 saturated heterocycles. The fourth-order valence-corrected chi connectivity index (χ4v) is 3.49. The van der Waals surface area contributed by atoms with Gasteiger partial charge in [-0.05, 0) is 44.2 Å². The number of aromatic nitrogens is 1. The van der Waals surface area contributed by atoms with E-state index in [0.717, 1.165) is 0 Å². The zero-order valence-corrected chi connectivity index (χ0v) is 17.5. The van der Waals surface area contributed by atoms with Gasteiger partial charge in [-0.1, -0.05) is 32.4 Å². The van der Waals surface area contributed by atoms with Crippen LogP contribution in [-0.2, 0) is 14.9 Å². The Bertz CT molecular complexity index is 744. The minimum Gasteiger partial charge on any atom is -0.444 e. The quantitative estimate of drug-likeness (QED) is 0.693. The third-order valence-corrected chi connectivity index (χ3v) is 4.67. The number of carbonyl (C=O) groups excluding carboxylic acids is 1. The molecule has 0 fully saturated rings. The number of ether oxygens (including phenoxy) is 1. The molecular weight excluding hydrogens is 380 g/mol. The molecule has 0 spiro atoms. The third-order valence-electron chi connectivity index (χ3n) is 3.54. The van der Waals surface area contributed by atoms with Crippen LogP contribution in [-0.4, -0.2) is 35.4 Å². The second kappa shape index (κ2) is 8.54. The van der Waals surface area contributed by atoms with Crippen LogP contribution in [0.15, 0.2) is 12.3 Å². The highest BCUT2D eigenvalue weighted by Gasteiger charge is 2.28. The highest BCUT2D eigenvalue weighted by molar-refractivity contribution is 7.85. The van der Waals surface area contributed by atoms with E-state index in [2.05, 4.69) is 10.3 Å². The van der Waals surface area contributed by atoms with Gasteiger partial charge < -0.3 is 10.1 Å². The normalized spacial score (nSPS) is 14.8. The van der Waals surface area contributed by atoms with Gasteiger partial charge in [-0.15, -0.1) is 0 Å². The van der Waals surface area contributed by atoms with Crippen LogP contribution in [0.3, 0.4) is 0 Å². The van der Waals surface area contributed by atoms with Crippen molar-refractivity contribution in [2.24, 2.45) is 5.92 Å². The lowest BCUT2D eigenvalue weighted by atomic mass is 9.92. The first kappa shape index (κ1) is 22.7. The van der Waals surface area contributed by atoms with Gasteiger partial charge in [-0.2, -0.15) is 8.42 Å². The summed E-state index contributed by atoms with van der Waals surface area (Å²) in [5, 5.41) is 3.13. The number of pyridine rings is 1. The number of halogens is 1. The number of carbonyl (C=O) groups is 1. The number of rotatable bonds is 6. The molecule has 0 aromatic carbocycles. The van der Waals surface area contributed by atoms with E-state index in [1.54, 1.807) is 33.8 Å². The summed E-state index contributed by atoms with van der Waals surface area (Å²) in [7, 11) is -4.18. The summed E-state index contributed by atoms with van der Waals surface area (Å²) in [6, 6.07) is 1.09. The highest BCUT2D eigenvalue weighted by atomic mass is 35.5. The number of hydrogen-bond acceptors (Lipinski definition) is 5. The summed E-state index contributed by atoms with van der Waals surface area (Å²) < 4.78 is 37.0. The van der Waals surface area contributed by atoms with E-state index < -0.39 is 39.5 Å². The molecule has 148 valence electrons. The Balaban J connectivity index is 3.25. The van der Waals surface area contributed by atoms with Crippen molar-refractivity contribution < 1.29 is 22.5 Å². The molecule has 2 N–H and O–H groups in total. The molecule has 0 bridgehead atoms. The van der Waals surface area contributed by atoms with Crippen molar-refractivity contribution in [3.63, 3.8) is 0 Å². The Labute approximate surface area is 160 Å². The van der Waals surface area contributed by atoms with Crippen LogP contribution in [0.5, 0.6) is 0 Å². The van der Waals surface area contributed by atoms with Crippen molar-refractivity contribution in [3.8, 4) is 0 Å². The molecule has 0 saturated carbocycles. The smallest absolute Gasteiger partial charge is 0.408 e. The molecule has 1 aromatic rings. The molecule has 1 unspecified atom stereocenters. The molecule has 0 aliphatic rings. The van der Waals surface area contributed by atoms with Crippen LogP contribution in [0.1, 0.15) is 64.8 Å². The maximum Gasteiger partial charge on any atom is 0.408 e. The summed E-state index contributed by atoms with van der Waals surface area (Å²) in [5.41, 5.74) is 0.386. The van der Waals surface area contributed by atoms with E-state index in [1.165, 1.54) is 6.20 Å². The van der Waals surface area contributed by atoms with Gasteiger partial charge >= 0.3 is 6.09 Å². The van der Waals surface area contributed by atoms with E-state index in [0.29, 0.717) is 16.3 Å². The van der Waals surface area contributed by atoms with Crippen LogP contribution in [0, 0.1) is 5.92 Å². The second-order valence-corrected chi connectivity index (χ2v) is 9.58. The van der Waals surface area contributed by atoms with E-state index in [1.807, 2.05) is 13.8 Å². The molecule has 1 amide bonds. The fraction of sp³-hybridized carbons (Fsp3) is 0.647. The van der Waals surface area contributed by atoms with Crippen molar-refractivity contribution >= 4 is 27.8 Å². The number of nitrogens with zero attached hydrogens (tertiary/aromatic N) is 1. The van der Waals surface area contributed by atoms with Crippen molar-refractivity contribution in [2.45, 2.75) is 59.1 Å². The summed E-state index contributed by atoms with van der Waals surface area (Å²) >= 11 is 6.02. The van der Waals surface area contributed by atoms with E-state index >= 15 is 0 Å². The van der Waals surface area contributed by atoms with E-state index in [-0.39, 0.29) is 5.92 Å². The molecule has 26 heavy (non-hydrogen) atoms. The largest absolute Gasteiger partial charge is 0.444 e. The van der Waals surface area contributed by atoms with Crippen LogP contribution < -0.4 is 5.32 Å². The van der Waals surface area contributed by atoms with E-state index in [4.69, 9.17) is 20.9 Å². The molecule has 9 heteroatoms. The van der Waals surface area contributed by atoms with Gasteiger partial charge in [0.25, 0.3) is 10.1 Å². The first-order chi connectivity index (χ1) is 11.7. The predicted octanol–water partition coefficient (Wildman–Crippen LogP) is 3.95. The minimum atomic E-state index is -4.18. The molecule has 1 heterocycles. The summed E-state index contributed by atoms with van der Waals surface area (Å²) in [6.07, 6.45) is 0.841. The van der Waals surface area contributed by atoms with Gasteiger partial charge in [-0.25, -0.2) is 4.79 Å². The first-order valence-corrected chi connectivity index (χ1v) is 10.3. The summed E-state index contributed by atoms with van der Waals surface area (Å²) in [6.45, 7) is 10.7. The molecule has 0 radical (unpaired) electrons. The number of hydrogen-bond donors (Lipinski definition) is 2. The highest BCUT2D eigenvalue weighted by Crippen LogP contribution is 2.31. The predicted molar refractivity (Wildman–Crippen MR) is 101 cm³/mol. The van der Waals surface area contributed by atoms with Crippen molar-refractivity contribution in [3.05, 3.63) is 28.5 Å². The molecule has 7 nitrogen and oxygen atoms in total. The molecule has 2 atom stereocenters. The first-order valence-electron chi connectivity index (χ1n) is 8.29. The zero-order valence-electron chi connectivity index (χ0n) is 15.9. The molecule has 1 rings (SSSR count). The average molecular weight is 407 g/mol. The van der Waals surface area contributed by atoms with Crippen LogP contribution in [0.4, 0.5) is 4.79 Å². The molecule has 1 aromatic heterocycles. The van der Waals surface area contributed by atoms with Crippen LogP contribution in [0.2, 0.25) is 5.02 Å². The topological polar surface area (TPSA) is 106 Å². The third kappa shape index (κ3) is 7.47. The van der Waals surface area contributed by atoms with Gasteiger partial charge in [0, 0.05) is 6.20 Å². The van der Waals surface area contributed by atoms with Crippen molar-refractivity contribution in [1.82, 2.24) is 10.3 Å². The Morgan fingerprint density at radius 3 is 2.38 bits per heavy atom. The Kier molecular flexibility index (Phi) is 7.44. The van der Waals surface area contributed by atoms with Gasteiger partial charge in [-0.3, -0.25) is 9.54 Å². The minimum absolute atomic E-state index is 0.0483. The van der Waals surface area contributed by atoms with Gasteiger partial charge in [0.1, 0.15) is 5.60 Å². The molecule has 0 aliphatic carbocycles. The number of alkyl carbamates (subject to hydrolysis) is 1. The second-order valence-electron chi connectivity index (χ2n) is 7.65. The molecular formula is C17H27ClN2O5S. The van der Waals surface area contributed by atoms with E-state index in [9.17, 15) is 13.2 Å². The average Bonchev–Trinajstić information content (AvgIpc) is 2.41. The summed E-state index contributed by atoms with van der Waals surface area (Å²) in [5.74, 6) is -1.08. The maximum absolute atomic E-state index is 12.2. The number of amides is 1.